The molecule has 0 radical (unpaired) electrons. The van der Waals surface area contributed by atoms with E-state index in [1.165, 1.54) is 16.2 Å². The van der Waals surface area contributed by atoms with E-state index in [2.05, 4.69) is 0 Å². The number of rotatable bonds is 7. The summed E-state index contributed by atoms with van der Waals surface area (Å²) in [7, 11) is 3.30. The first-order valence-electron chi connectivity index (χ1n) is 8.16. The zero-order valence-corrected chi connectivity index (χ0v) is 15.5. The Morgan fingerprint density at radius 3 is 2.46 bits per heavy atom. The number of imide groups is 1. The Bertz CT molecular complexity index is 828. The number of methoxy groups -OCH3 is 1. The fraction of sp³-hybridized carbons (Fsp3) is 0.263. The maximum atomic E-state index is 13.0. The smallest absolute Gasteiger partial charge is 0.278 e. The lowest BCUT2D eigenvalue weighted by Crippen LogP contribution is -2.34. The van der Waals surface area contributed by atoms with Crippen LogP contribution in [-0.2, 0) is 16.1 Å². The Balaban J connectivity index is 1.93. The fourth-order valence-corrected chi connectivity index (χ4v) is 3.64. The molecule has 7 heteroatoms. The third-order valence-electron chi connectivity index (χ3n) is 4.23. The van der Waals surface area contributed by atoms with Crippen LogP contribution in [-0.4, -0.2) is 54.0 Å². The summed E-state index contributed by atoms with van der Waals surface area (Å²) in [6.45, 7) is 0.365. The number of ether oxygens (including phenoxy) is 1. The summed E-state index contributed by atoms with van der Waals surface area (Å²) in [5, 5.41) is 11.1. The number of hydrogen-bond acceptors (Lipinski definition) is 6. The highest BCUT2D eigenvalue weighted by Gasteiger charge is 2.41. The molecule has 0 aliphatic carbocycles. The Kier molecular flexibility index (Phi) is 5.39. The monoisotopic (exact) mass is 372 g/mol. The van der Waals surface area contributed by atoms with Gasteiger partial charge < -0.3 is 14.7 Å². The molecule has 1 aliphatic heterocycles. The van der Waals surface area contributed by atoms with E-state index >= 15 is 0 Å². The lowest BCUT2D eigenvalue weighted by Gasteiger charge is -2.20. The van der Waals surface area contributed by atoms with E-state index in [9.17, 15) is 14.7 Å². The van der Waals surface area contributed by atoms with Crippen LogP contribution >= 0.6 is 11.3 Å². The largest absolute Gasteiger partial charge is 0.497 e. The van der Waals surface area contributed by atoms with Crippen molar-refractivity contribution in [3.8, 4) is 5.75 Å². The van der Waals surface area contributed by atoms with Gasteiger partial charge in [0.1, 0.15) is 11.4 Å². The second-order valence-electron chi connectivity index (χ2n) is 5.89. The number of carbonyl (C=O) groups excluding carboxylic acids is 2. The topological polar surface area (TPSA) is 70.1 Å². The van der Waals surface area contributed by atoms with E-state index < -0.39 is 0 Å². The van der Waals surface area contributed by atoms with Gasteiger partial charge in [0.15, 0.2) is 0 Å². The number of carbonyl (C=O) groups is 2. The molecule has 0 fully saturated rings. The summed E-state index contributed by atoms with van der Waals surface area (Å²) in [5.74, 6) is 0.0619. The molecule has 3 rings (SSSR count). The predicted octanol–water partition coefficient (Wildman–Crippen LogP) is 1.96. The van der Waals surface area contributed by atoms with E-state index in [1.807, 2.05) is 29.6 Å². The average Bonchev–Trinajstić information content (AvgIpc) is 3.24. The molecule has 6 nitrogen and oxygen atoms in total. The van der Waals surface area contributed by atoms with Crippen molar-refractivity contribution in [2.24, 2.45) is 0 Å². The molecular formula is C19H20N2O4S. The zero-order chi connectivity index (χ0) is 18.7. The van der Waals surface area contributed by atoms with E-state index in [0.29, 0.717) is 17.0 Å². The highest BCUT2D eigenvalue weighted by Crippen LogP contribution is 2.34. The Hall–Kier alpha value is -2.64. The lowest BCUT2D eigenvalue weighted by atomic mass is 10.1. The van der Waals surface area contributed by atoms with Crippen LogP contribution in [0, 0.1) is 0 Å². The van der Waals surface area contributed by atoms with Gasteiger partial charge in [-0.1, -0.05) is 18.2 Å². The van der Waals surface area contributed by atoms with Crippen LogP contribution in [0.25, 0.3) is 5.57 Å². The van der Waals surface area contributed by atoms with Crippen LogP contribution in [0.4, 0.5) is 0 Å². The second-order valence-corrected chi connectivity index (χ2v) is 6.84. The van der Waals surface area contributed by atoms with Gasteiger partial charge in [0.05, 0.1) is 25.8 Å². The van der Waals surface area contributed by atoms with Crippen molar-refractivity contribution < 1.29 is 19.4 Å². The SMILES string of the molecule is COc1ccc(CN2C(=O)C(c3cccs3)=C(N(C)CCO)C2=O)cc1. The van der Waals surface area contributed by atoms with Gasteiger partial charge in [0.25, 0.3) is 11.8 Å². The van der Waals surface area contributed by atoms with Crippen molar-refractivity contribution in [3.63, 3.8) is 0 Å². The van der Waals surface area contributed by atoms with Crippen molar-refractivity contribution in [3.05, 3.63) is 57.9 Å². The summed E-state index contributed by atoms with van der Waals surface area (Å²) in [6.07, 6.45) is 0. The number of thiophene rings is 1. The van der Waals surface area contributed by atoms with Gasteiger partial charge in [-0.05, 0) is 29.1 Å². The fourth-order valence-electron chi connectivity index (χ4n) is 2.88. The molecule has 1 N–H and O–H groups in total. The summed E-state index contributed by atoms with van der Waals surface area (Å²) in [5.41, 5.74) is 1.57. The molecule has 0 saturated carbocycles. The molecule has 2 aromatic rings. The molecule has 0 atom stereocenters. The highest BCUT2D eigenvalue weighted by molar-refractivity contribution is 7.11. The van der Waals surface area contributed by atoms with Crippen molar-refractivity contribution in [2.75, 3.05) is 27.3 Å². The third-order valence-corrected chi connectivity index (χ3v) is 5.12. The van der Waals surface area contributed by atoms with Crippen LogP contribution in [0.1, 0.15) is 10.4 Å². The Morgan fingerprint density at radius 1 is 1.15 bits per heavy atom. The summed E-state index contributed by atoms with van der Waals surface area (Å²) in [4.78, 5) is 29.6. The zero-order valence-electron chi connectivity index (χ0n) is 14.6. The van der Waals surface area contributed by atoms with Crippen LogP contribution < -0.4 is 4.74 Å². The number of benzene rings is 1. The van der Waals surface area contributed by atoms with Crippen LogP contribution in [0.2, 0.25) is 0 Å². The molecule has 0 saturated heterocycles. The molecule has 2 heterocycles. The Labute approximate surface area is 155 Å². The van der Waals surface area contributed by atoms with Gasteiger partial charge >= 0.3 is 0 Å². The van der Waals surface area contributed by atoms with Crippen molar-refractivity contribution in [2.45, 2.75) is 6.54 Å². The molecule has 26 heavy (non-hydrogen) atoms. The van der Waals surface area contributed by atoms with Gasteiger partial charge in [-0.3, -0.25) is 14.5 Å². The van der Waals surface area contributed by atoms with Crippen LogP contribution in [0.5, 0.6) is 5.75 Å². The summed E-state index contributed by atoms with van der Waals surface area (Å²) >= 11 is 1.42. The number of hydrogen-bond donors (Lipinski definition) is 1. The molecular weight excluding hydrogens is 352 g/mol. The minimum Gasteiger partial charge on any atom is -0.497 e. The van der Waals surface area contributed by atoms with E-state index in [4.69, 9.17) is 4.74 Å². The molecule has 1 aromatic carbocycles. The normalized spacial score (nSPS) is 14.3. The molecule has 2 amide bonds. The van der Waals surface area contributed by atoms with E-state index in [-0.39, 0.29) is 31.5 Å². The molecule has 1 aromatic heterocycles. The maximum Gasteiger partial charge on any atom is 0.278 e. The maximum absolute atomic E-state index is 13.0. The first-order valence-corrected chi connectivity index (χ1v) is 9.04. The van der Waals surface area contributed by atoms with E-state index in [0.717, 1.165) is 10.4 Å². The highest BCUT2D eigenvalue weighted by atomic mass is 32.1. The molecule has 136 valence electrons. The van der Waals surface area contributed by atoms with E-state index in [1.54, 1.807) is 31.2 Å². The molecule has 0 bridgehead atoms. The number of nitrogens with zero attached hydrogens (tertiary/aromatic N) is 2. The predicted molar refractivity (Wildman–Crippen MR) is 99.5 cm³/mol. The van der Waals surface area contributed by atoms with Crippen molar-refractivity contribution in [1.29, 1.82) is 0 Å². The first-order chi connectivity index (χ1) is 12.6. The number of aliphatic hydroxyl groups excluding tert-OH is 1. The number of aliphatic hydroxyl groups is 1. The van der Waals surface area contributed by atoms with Crippen LogP contribution in [0.15, 0.2) is 47.5 Å². The van der Waals surface area contributed by atoms with Crippen molar-refractivity contribution in [1.82, 2.24) is 9.80 Å². The van der Waals surface area contributed by atoms with Crippen molar-refractivity contribution >= 4 is 28.7 Å². The van der Waals surface area contributed by atoms with Crippen LogP contribution in [0.3, 0.4) is 0 Å². The summed E-state index contributed by atoms with van der Waals surface area (Å²) < 4.78 is 5.14. The Morgan fingerprint density at radius 2 is 1.88 bits per heavy atom. The standard InChI is InChI=1S/C19H20N2O4S/c1-20(9-10-22)17-16(15-4-3-11-26-15)18(23)21(19(17)24)12-13-5-7-14(25-2)8-6-13/h3-8,11,22H,9-10,12H2,1-2H3. The molecule has 1 aliphatic rings. The first kappa shape index (κ1) is 18.2. The third kappa shape index (κ3) is 3.36. The lowest BCUT2D eigenvalue weighted by molar-refractivity contribution is -0.138. The minimum atomic E-state index is -0.342. The molecule has 0 spiro atoms. The number of likely N-dealkylation sites (N-methyl/N-ethyl adjacent to an activating group) is 1. The molecule has 0 unspecified atom stereocenters. The van der Waals surface area contributed by atoms with Gasteiger partial charge in [0, 0.05) is 18.5 Å². The second kappa shape index (κ2) is 7.72. The quantitative estimate of drug-likeness (QED) is 0.753. The summed E-state index contributed by atoms with van der Waals surface area (Å²) in [6, 6.07) is 10.9. The van der Waals surface area contributed by atoms with Gasteiger partial charge in [-0.15, -0.1) is 11.3 Å². The minimum absolute atomic E-state index is 0.0995. The number of amides is 2. The van der Waals surface area contributed by atoms with Gasteiger partial charge in [-0.25, -0.2) is 0 Å². The van der Waals surface area contributed by atoms with Gasteiger partial charge in [-0.2, -0.15) is 0 Å². The van der Waals surface area contributed by atoms with Gasteiger partial charge in [0.2, 0.25) is 0 Å². The average molecular weight is 372 g/mol.